The van der Waals surface area contributed by atoms with Crippen LogP contribution in [0.5, 0.6) is 5.75 Å². The predicted octanol–water partition coefficient (Wildman–Crippen LogP) is -1.28. The molecule has 1 N–H and O–H groups in total. The van der Waals surface area contributed by atoms with Crippen molar-refractivity contribution >= 4 is 36.2 Å². The van der Waals surface area contributed by atoms with Gasteiger partial charge >= 0.3 is 70.8 Å². The average Bonchev–Trinajstić information content (AvgIpc) is 2.77. The molecule has 0 fully saturated rings. The summed E-state index contributed by atoms with van der Waals surface area (Å²) in [5, 5.41) is 10.7. The zero-order valence-corrected chi connectivity index (χ0v) is 29.0. The summed E-state index contributed by atoms with van der Waals surface area (Å²) in [7, 11) is -5.70. The third-order valence-corrected chi connectivity index (χ3v) is 6.90. The van der Waals surface area contributed by atoms with Crippen molar-refractivity contribution in [2.75, 3.05) is 6.61 Å². The molecule has 0 aliphatic rings. The van der Waals surface area contributed by atoms with Gasteiger partial charge in [0.05, 0.1) is 6.61 Å². The number of ether oxygens (including phenoxy) is 2. The Morgan fingerprint density at radius 3 is 2.05 bits per heavy atom. The van der Waals surface area contributed by atoms with E-state index in [2.05, 4.69) is 11.7 Å². The number of esters is 1. The molecule has 0 heterocycles. The Morgan fingerprint density at radius 1 is 0.974 bits per heavy atom. The van der Waals surface area contributed by atoms with Crippen LogP contribution in [0.25, 0.3) is 0 Å². The number of benzene rings is 1. The Balaban J connectivity index is 0. The van der Waals surface area contributed by atoms with Gasteiger partial charge in [-0.3, -0.25) is 4.79 Å². The van der Waals surface area contributed by atoms with Crippen LogP contribution in [0.3, 0.4) is 0 Å². The van der Waals surface area contributed by atoms with E-state index in [0.717, 1.165) is 43.5 Å². The molecule has 1 aromatic carbocycles. The molecule has 1 rings (SSSR count). The van der Waals surface area contributed by atoms with E-state index in [4.69, 9.17) is 4.74 Å². The first-order valence-corrected chi connectivity index (χ1v) is 14.7. The van der Waals surface area contributed by atoms with Gasteiger partial charge in [0.25, 0.3) is 0 Å². The quantitative estimate of drug-likeness (QED) is 0.0763. The number of hydrogen-bond donors (Lipinski definition) is 1. The molecular weight excluding hydrogens is 553 g/mol. The SMILES string of the molecule is CCCCCCCCCCCC(=O)SC(C)(O)Cc1cccc(OC(=O)P(=O)([O-])[O-])c1C(=O)OCC.[Na+].[Na+]. The van der Waals surface area contributed by atoms with E-state index in [9.17, 15) is 33.8 Å². The van der Waals surface area contributed by atoms with Crippen LogP contribution in [0.2, 0.25) is 0 Å². The van der Waals surface area contributed by atoms with Crippen molar-refractivity contribution in [3.63, 3.8) is 0 Å². The Hall–Kier alpha value is 0.290. The summed E-state index contributed by atoms with van der Waals surface area (Å²) in [6.45, 7) is 5.13. The molecule has 0 saturated heterocycles. The van der Waals surface area contributed by atoms with E-state index in [0.29, 0.717) is 6.42 Å². The van der Waals surface area contributed by atoms with Crippen molar-refractivity contribution < 1.29 is 102 Å². The third-order valence-electron chi connectivity index (χ3n) is 5.35. The zero-order valence-electron chi connectivity index (χ0n) is 23.3. The van der Waals surface area contributed by atoms with Gasteiger partial charge < -0.3 is 28.9 Å². The van der Waals surface area contributed by atoms with Crippen molar-refractivity contribution in [2.45, 2.75) is 96.3 Å². The number of rotatable bonds is 17. The maximum atomic E-state index is 12.5. The molecule has 1 unspecified atom stereocenters. The topological polar surface area (TPSA) is 153 Å². The first kappa shape index (κ1) is 40.4. The molecule has 0 amide bonds. The fourth-order valence-electron chi connectivity index (χ4n) is 3.66. The second-order valence-electron chi connectivity index (χ2n) is 8.78. The van der Waals surface area contributed by atoms with E-state index in [1.807, 2.05) is 0 Å². The summed E-state index contributed by atoms with van der Waals surface area (Å²) < 4.78 is 20.6. The van der Waals surface area contributed by atoms with E-state index in [1.54, 1.807) is 6.92 Å². The van der Waals surface area contributed by atoms with Gasteiger partial charge in [0.2, 0.25) is 0 Å². The number of carbonyl (C=O) groups excluding carboxylic acids is 3. The summed E-state index contributed by atoms with van der Waals surface area (Å²) in [5.41, 5.74) is -2.17. The van der Waals surface area contributed by atoms with Gasteiger partial charge in [-0.05, 0) is 31.9 Å². The molecule has 0 radical (unpaired) electrons. The maximum Gasteiger partial charge on any atom is 1.00 e. The van der Waals surface area contributed by atoms with Crippen molar-refractivity contribution in [1.82, 2.24) is 0 Å². The number of hydrogen-bond acceptors (Lipinski definition) is 10. The van der Waals surface area contributed by atoms with Crippen LogP contribution in [0.15, 0.2) is 18.2 Å². The average molecular weight is 591 g/mol. The molecule has 0 aliphatic carbocycles. The van der Waals surface area contributed by atoms with Crippen molar-refractivity contribution in [1.29, 1.82) is 0 Å². The first-order chi connectivity index (χ1) is 16.9. The van der Waals surface area contributed by atoms with Gasteiger partial charge in [-0.15, -0.1) is 0 Å². The normalized spacial score (nSPS) is 12.5. The van der Waals surface area contributed by atoms with Gasteiger partial charge in [0, 0.05) is 20.4 Å². The van der Waals surface area contributed by atoms with Gasteiger partial charge in [0.15, 0.2) is 5.12 Å². The number of thioether (sulfide) groups is 1. The second kappa shape index (κ2) is 21.1. The molecule has 1 aromatic rings. The van der Waals surface area contributed by atoms with Crippen LogP contribution < -0.4 is 73.6 Å². The smallest absolute Gasteiger partial charge is 0.803 e. The number of carbonyl (C=O) groups is 3. The van der Waals surface area contributed by atoms with E-state index < -0.39 is 30.0 Å². The number of unbranched alkanes of at least 4 members (excludes halogenated alkanes) is 8. The van der Waals surface area contributed by atoms with Crippen molar-refractivity contribution in [3.05, 3.63) is 29.3 Å². The molecule has 13 heteroatoms. The number of aliphatic hydroxyl groups is 1. The Bertz CT molecular complexity index is 922. The van der Waals surface area contributed by atoms with Crippen LogP contribution in [-0.4, -0.2) is 33.4 Å². The second-order valence-corrected chi connectivity index (χ2v) is 11.7. The largest absolute Gasteiger partial charge is 1.00 e. The molecule has 1 atom stereocenters. The molecule has 0 aromatic heterocycles. The van der Waals surface area contributed by atoms with Crippen molar-refractivity contribution in [2.24, 2.45) is 0 Å². The van der Waals surface area contributed by atoms with Crippen LogP contribution in [0.1, 0.15) is 101 Å². The van der Waals surface area contributed by atoms with E-state index in [1.165, 1.54) is 51.2 Å². The molecule has 38 heavy (non-hydrogen) atoms. The van der Waals surface area contributed by atoms with Crippen LogP contribution in [0.4, 0.5) is 4.79 Å². The standard InChI is InChI=1S/C25H39O9PS.2Na/c1-4-6-7-8-9-10-11-12-13-17-21(26)36-25(3,29)18-19-15-14-16-20(22(19)23(27)33-5-2)34-24(28)35(30,31)32;;/h14-16,29H,4-13,17-18H2,1-3H3,(H2,30,31,32);;/q;2*+1/p-2. The summed E-state index contributed by atoms with van der Waals surface area (Å²) in [6, 6.07) is 3.96. The summed E-state index contributed by atoms with van der Waals surface area (Å²) in [4.78, 5) is 56.9. The Morgan fingerprint density at radius 2 is 1.53 bits per heavy atom. The molecule has 204 valence electrons. The minimum atomic E-state index is -5.70. The fraction of sp³-hybridized carbons (Fsp3) is 0.640. The zero-order chi connectivity index (χ0) is 27.2. The van der Waals surface area contributed by atoms with Crippen LogP contribution in [0, 0.1) is 0 Å². The predicted molar refractivity (Wildman–Crippen MR) is 135 cm³/mol. The molecule has 0 saturated carbocycles. The van der Waals surface area contributed by atoms with Gasteiger partial charge in [-0.2, -0.15) is 0 Å². The van der Waals surface area contributed by atoms with Crippen LogP contribution >= 0.6 is 19.4 Å². The van der Waals surface area contributed by atoms with Crippen molar-refractivity contribution in [3.8, 4) is 5.75 Å². The molecule has 0 bridgehead atoms. The monoisotopic (exact) mass is 590 g/mol. The van der Waals surface area contributed by atoms with E-state index >= 15 is 0 Å². The van der Waals surface area contributed by atoms with Gasteiger partial charge in [0.1, 0.15) is 16.2 Å². The Labute approximate surface area is 274 Å². The minimum Gasteiger partial charge on any atom is -0.803 e. The summed E-state index contributed by atoms with van der Waals surface area (Å²) in [6.07, 6.45) is 10.2. The molecule has 9 nitrogen and oxygen atoms in total. The maximum absolute atomic E-state index is 12.5. The van der Waals surface area contributed by atoms with Gasteiger partial charge in [-0.25, -0.2) is 9.59 Å². The van der Waals surface area contributed by atoms with Gasteiger partial charge in [-0.1, -0.05) is 82.2 Å². The molecule has 0 spiro atoms. The molecule has 0 aliphatic heterocycles. The first-order valence-electron chi connectivity index (χ1n) is 12.4. The summed E-state index contributed by atoms with van der Waals surface area (Å²) in [5.74, 6) is -1.41. The third kappa shape index (κ3) is 16.5. The molecular formula is C25H37Na2O9PS. The Kier molecular flexibility index (Phi) is 22.4. The van der Waals surface area contributed by atoms with Crippen LogP contribution in [-0.2, 0) is 20.5 Å². The van der Waals surface area contributed by atoms with E-state index in [-0.39, 0.29) is 88.4 Å². The fourth-order valence-corrected chi connectivity index (χ4v) is 4.83. The minimum absolute atomic E-state index is 0. The summed E-state index contributed by atoms with van der Waals surface area (Å²) >= 11 is 0.744.